The summed E-state index contributed by atoms with van der Waals surface area (Å²) < 4.78 is 0.856. The van der Waals surface area contributed by atoms with Crippen molar-refractivity contribution < 1.29 is 14.7 Å². The number of aliphatic hydroxyl groups is 1. The Morgan fingerprint density at radius 2 is 1.95 bits per heavy atom. The topological polar surface area (TPSA) is 57.6 Å². The third-order valence-electron chi connectivity index (χ3n) is 3.27. The van der Waals surface area contributed by atoms with Crippen LogP contribution in [0.2, 0.25) is 0 Å². The lowest BCUT2D eigenvalue weighted by Crippen LogP contribution is -2.39. The van der Waals surface area contributed by atoms with Crippen molar-refractivity contribution in [1.82, 2.24) is 4.90 Å². The van der Waals surface area contributed by atoms with Gasteiger partial charge in [-0.25, -0.2) is 0 Å². The molecule has 0 radical (unpaired) electrons. The number of nitrogens with zero attached hydrogens (tertiary/aromatic N) is 1. The Hall–Kier alpha value is -1.20. The van der Waals surface area contributed by atoms with Crippen molar-refractivity contribution in [3.63, 3.8) is 0 Å². The molecule has 0 heterocycles. The summed E-state index contributed by atoms with van der Waals surface area (Å²) in [6, 6.07) is 6.66. The zero-order chi connectivity index (χ0) is 14.0. The van der Waals surface area contributed by atoms with Crippen molar-refractivity contribution >= 4 is 27.6 Å². The molecule has 0 saturated heterocycles. The van der Waals surface area contributed by atoms with Crippen LogP contribution in [0, 0.1) is 5.92 Å². The summed E-state index contributed by atoms with van der Waals surface area (Å²) >= 11 is 3.28. The highest BCUT2D eigenvalue weighted by Gasteiger charge is 2.32. The Morgan fingerprint density at radius 3 is 2.47 bits per heavy atom. The fraction of sp³-hybridized carbons (Fsp3) is 0.429. The second kappa shape index (κ2) is 5.84. The molecule has 0 aromatic heterocycles. The molecule has 4 nitrogen and oxygen atoms in total. The van der Waals surface area contributed by atoms with Crippen LogP contribution in [0.4, 0.5) is 0 Å². The zero-order valence-corrected chi connectivity index (χ0v) is 12.3. The molecule has 1 unspecified atom stereocenters. The number of ketones is 1. The molecule has 102 valence electrons. The first-order valence-electron chi connectivity index (χ1n) is 6.22. The monoisotopic (exact) mass is 325 g/mol. The van der Waals surface area contributed by atoms with E-state index in [9.17, 15) is 14.7 Å². The molecule has 1 aliphatic carbocycles. The normalized spacial score (nSPS) is 15.9. The van der Waals surface area contributed by atoms with Gasteiger partial charge < -0.3 is 10.0 Å². The molecule has 1 fully saturated rings. The Morgan fingerprint density at radius 1 is 1.37 bits per heavy atom. The number of Topliss-reactive ketones (excluding diaryl/α,β-unsaturated/α-hetero) is 1. The maximum Gasteiger partial charge on any atom is 0.294 e. The van der Waals surface area contributed by atoms with E-state index in [1.807, 2.05) is 0 Å². The second-order valence-electron chi connectivity index (χ2n) is 4.93. The van der Waals surface area contributed by atoms with E-state index in [1.54, 1.807) is 31.3 Å². The van der Waals surface area contributed by atoms with Gasteiger partial charge >= 0.3 is 0 Å². The van der Waals surface area contributed by atoms with Crippen LogP contribution in [0.15, 0.2) is 28.7 Å². The zero-order valence-electron chi connectivity index (χ0n) is 10.7. The SMILES string of the molecule is CN(CC(O)C1CC1)C(=O)C(=O)c1ccc(Br)cc1. The van der Waals surface area contributed by atoms with E-state index in [-0.39, 0.29) is 12.5 Å². The standard InChI is InChI=1S/C14H16BrNO3/c1-16(8-12(17)9-2-3-9)14(19)13(18)10-4-6-11(15)7-5-10/h4-7,9,12,17H,2-3,8H2,1H3. The summed E-state index contributed by atoms with van der Waals surface area (Å²) in [5, 5.41) is 9.79. The van der Waals surface area contributed by atoms with Gasteiger partial charge in [0.15, 0.2) is 0 Å². The molecule has 1 aromatic carbocycles. The minimum Gasteiger partial charge on any atom is -0.391 e. The van der Waals surface area contributed by atoms with Gasteiger partial charge in [-0.05, 0) is 43.0 Å². The van der Waals surface area contributed by atoms with Crippen LogP contribution in [0.1, 0.15) is 23.2 Å². The lowest BCUT2D eigenvalue weighted by atomic mass is 10.1. The van der Waals surface area contributed by atoms with Crippen LogP contribution < -0.4 is 0 Å². The number of carbonyl (C=O) groups is 2. The average molecular weight is 326 g/mol. The first-order valence-corrected chi connectivity index (χ1v) is 7.01. The van der Waals surface area contributed by atoms with E-state index in [0.29, 0.717) is 5.56 Å². The van der Waals surface area contributed by atoms with E-state index < -0.39 is 17.8 Å². The summed E-state index contributed by atoms with van der Waals surface area (Å²) in [6.45, 7) is 0.214. The van der Waals surface area contributed by atoms with Crippen molar-refractivity contribution in [3.8, 4) is 0 Å². The summed E-state index contributed by atoms with van der Waals surface area (Å²) in [6.07, 6.45) is 1.49. The first-order chi connectivity index (χ1) is 8.99. The molecular weight excluding hydrogens is 310 g/mol. The van der Waals surface area contributed by atoms with E-state index in [1.165, 1.54) is 4.90 Å². The van der Waals surface area contributed by atoms with Crippen LogP contribution in [-0.2, 0) is 4.79 Å². The molecular formula is C14H16BrNO3. The van der Waals surface area contributed by atoms with Crippen LogP contribution in [0.25, 0.3) is 0 Å². The van der Waals surface area contributed by atoms with Crippen LogP contribution >= 0.6 is 15.9 Å². The maximum absolute atomic E-state index is 12.0. The summed E-state index contributed by atoms with van der Waals surface area (Å²) in [5.41, 5.74) is 0.362. The van der Waals surface area contributed by atoms with Crippen molar-refractivity contribution in [1.29, 1.82) is 0 Å². The number of likely N-dealkylation sites (N-methyl/N-ethyl adjacent to an activating group) is 1. The van der Waals surface area contributed by atoms with Gasteiger partial charge in [0, 0.05) is 23.6 Å². The Kier molecular flexibility index (Phi) is 4.37. The van der Waals surface area contributed by atoms with Gasteiger partial charge in [-0.2, -0.15) is 0 Å². The molecule has 1 aromatic rings. The second-order valence-corrected chi connectivity index (χ2v) is 5.84. The van der Waals surface area contributed by atoms with E-state index in [2.05, 4.69) is 15.9 Å². The highest BCUT2D eigenvalue weighted by molar-refractivity contribution is 9.10. The number of aliphatic hydroxyl groups excluding tert-OH is 1. The molecule has 2 rings (SSSR count). The molecule has 0 aliphatic heterocycles. The lowest BCUT2D eigenvalue weighted by Gasteiger charge is -2.19. The van der Waals surface area contributed by atoms with Gasteiger partial charge in [0.05, 0.1) is 6.10 Å². The third-order valence-corrected chi connectivity index (χ3v) is 3.80. The molecule has 0 bridgehead atoms. The average Bonchev–Trinajstić information content (AvgIpc) is 3.22. The fourth-order valence-electron chi connectivity index (χ4n) is 1.89. The van der Waals surface area contributed by atoms with Crippen molar-refractivity contribution in [2.45, 2.75) is 18.9 Å². The maximum atomic E-state index is 12.0. The minimum absolute atomic E-state index is 0.214. The fourth-order valence-corrected chi connectivity index (χ4v) is 2.16. The van der Waals surface area contributed by atoms with Gasteiger partial charge in [-0.1, -0.05) is 15.9 Å². The lowest BCUT2D eigenvalue weighted by molar-refractivity contribution is -0.126. The van der Waals surface area contributed by atoms with Crippen molar-refractivity contribution in [3.05, 3.63) is 34.3 Å². The molecule has 1 aliphatic rings. The molecule has 1 N–H and O–H groups in total. The van der Waals surface area contributed by atoms with E-state index in [4.69, 9.17) is 0 Å². The molecule has 1 amide bonds. The van der Waals surface area contributed by atoms with Crippen molar-refractivity contribution in [2.24, 2.45) is 5.92 Å². The first kappa shape index (κ1) is 14.2. The van der Waals surface area contributed by atoms with Crippen LogP contribution in [0.3, 0.4) is 0 Å². The number of amides is 1. The quantitative estimate of drug-likeness (QED) is 0.664. The molecule has 1 saturated carbocycles. The molecule has 1 atom stereocenters. The molecule has 19 heavy (non-hydrogen) atoms. The van der Waals surface area contributed by atoms with E-state index >= 15 is 0 Å². The summed E-state index contributed by atoms with van der Waals surface area (Å²) in [4.78, 5) is 25.2. The molecule has 5 heteroatoms. The van der Waals surface area contributed by atoms with Gasteiger partial charge in [0.2, 0.25) is 5.78 Å². The van der Waals surface area contributed by atoms with Gasteiger partial charge in [0.1, 0.15) is 0 Å². The molecule has 0 spiro atoms. The van der Waals surface area contributed by atoms with Gasteiger partial charge in [-0.15, -0.1) is 0 Å². The van der Waals surface area contributed by atoms with Crippen LogP contribution in [0.5, 0.6) is 0 Å². The highest BCUT2D eigenvalue weighted by atomic mass is 79.9. The number of benzene rings is 1. The predicted octanol–water partition coefficient (Wildman–Crippen LogP) is 1.86. The number of hydrogen-bond donors (Lipinski definition) is 1. The van der Waals surface area contributed by atoms with Gasteiger partial charge in [0.25, 0.3) is 5.91 Å². The van der Waals surface area contributed by atoms with Gasteiger partial charge in [-0.3, -0.25) is 9.59 Å². The Balaban J connectivity index is 1.97. The van der Waals surface area contributed by atoms with Crippen molar-refractivity contribution in [2.75, 3.05) is 13.6 Å². The summed E-state index contributed by atoms with van der Waals surface area (Å²) in [5.74, 6) is -0.835. The predicted molar refractivity (Wildman–Crippen MR) is 74.8 cm³/mol. The third kappa shape index (κ3) is 3.64. The van der Waals surface area contributed by atoms with Crippen LogP contribution in [-0.4, -0.2) is 41.4 Å². The number of rotatable bonds is 5. The highest BCUT2D eigenvalue weighted by Crippen LogP contribution is 2.32. The smallest absolute Gasteiger partial charge is 0.294 e. The number of halogens is 1. The Bertz CT molecular complexity index is 482. The largest absolute Gasteiger partial charge is 0.391 e. The summed E-state index contributed by atoms with van der Waals surface area (Å²) in [7, 11) is 1.55. The number of hydrogen-bond acceptors (Lipinski definition) is 3. The number of carbonyl (C=O) groups excluding carboxylic acids is 2. The minimum atomic E-state index is -0.581. The van der Waals surface area contributed by atoms with E-state index in [0.717, 1.165) is 17.3 Å². The Labute approximate surface area is 120 Å².